The first kappa shape index (κ1) is 16.7. The Morgan fingerprint density at radius 1 is 1.45 bits per heavy atom. The van der Waals surface area contributed by atoms with E-state index in [-0.39, 0.29) is 12.1 Å². The molecule has 0 bridgehead atoms. The zero-order chi connectivity index (χ0) is 16.3. The van der Waals surface area contributed by atoms with Gasteiger partial charge in [0.2, 0.25) is 0 Å². The molecule has 1 aromatic rings. The molecule has 1 aliphatic heterocycles. The second-order valence-corrected chi connectivity index (χ2v) is 6.87. The van der Waals surface area contributed by atoms with E-state index in [1.807, 2.05) is 20.8 Å². The summed E-state index contributed by atoms with van der Waals surface area (Å²) in [5, 5.41) is 3.77. The smallest absolute Gasteiger partial charge is 0.410 e. The number of nitrogens with one attached hydrogen (secondary N) is 1. The van der Waals surface area contributed by atoms with Gasteiger partial charge < -0.3 is 20.7 Å². The Labute approximate surface area is 136 Å². The van der Waals surface area contributed by atoms with Crippen molar-refractivity contribution in [3.05, 3.63) is 17.4 Å². The number of rotatable bonds is 2. The third kappa shape index (κ3) is 4.66. The highest BCUT2D eigenvalue weighted by Crippen LogP contribution is 2.24. The predicted octanol–water partition coefficient (Wildman–Crippen LogP) is 3.13. The summed E-state index contributed by atoms with van der Waals surface area (Å²) in [5.41, 5.74) is 6.78. The summed E-state index contributed by atoms with van der Waals surface area (Å²) in [6.45, 7) is 6.93. The number of likely N-dealkylation sites (tertiary alicyclic amines) is 1. The van der Waals surface area contributed by atoms with Crippen LogP contribution in [0.1, 0.15) is 33.6 Å². The number of piperidine rings is 1. The molecule has 2 rings (SSSR count). The lowest BCUT2D eigenvalue weighted by atomic mass is 10.0. The van der Waals surface area contributed by atoms with Crippen LogP contribution in [-0.4, -0.2) is 40.7 Å². The fourth-order valence-corrected chi connectivity index (χ4v) is 2.48. The van der Waals surface area contributed by atoms with Gasteiger partial charge in [-0.2, -0.15) is 0 Å². The van der Waals surface area contributed by atoms with Gasteiger partial charge in [-0.15, -0.1) is 0 Å². The molecule has 0 radical (unpaired) electrons. The van der Waals surface area contributed by atoms with Crippen molar-refractivity contribution in [2.24, 2.45) is 0 Å². The molecule has 0 atom stereocenters. The molecule has 0 unspecified atom stereocenters. The van der Waals surface area contributed by atoms with Gasteiger partial charge in [0.15, 0.2) is 0 Å². The SMILES string of the molecule is CC(C)(C)OC(=O)N1CCC(Nc2cc(Cl)ncc2N)CC1. The molecule has 1 saturated heterocycles. The highest BCUT2D eigenvalue weighted by molar-refractivity contribution is 6.29. The third-order valence-electron chi connectivity index (χ3n) is 3.41. The molecule has 1 amide bonds. The summed E-state index contributed by atoms with van der Waals surface area (Å²) >= 11 is 5.88. The average Bonchev–Trinajstić information content (AvgIpc) is 2.42. The van der Waals surface area contributed by atoms with Crippen LogP contribution in [-0.2, 0) is 4.74 Å². The second kappa shape index (κ2) is 6.60. The summed E-state index contributed by atoms with van der Waals surface area (Å²) < 4.78 is 5.39. The number of nitrogen functional groups attached to an aromatic ring is 1. The number of hydrogen-bond donors (Lipinski definition) is 2. The standard InChI is InChI=1S/C15H23ClN4O2/c1-15(2,3)22-14(21)20-6-4-10(5-7-20)19-12-8-13(16)18-9-11(12)17/h8-10H,4-7,17H2,1-3H3,(H,18,19). The minimum atomic E-state index is -0.464. The van der Waals surface area contributed by atoms with E-state index in [2.05, 4.69) is 10.3 Å². The number of pyridine rings is 1. The molecule has 6 nitrogen and oxygen atoms in total. The first-order chi connectivity index (χ1) is 10.2. The molecule has 3 N–H and O–H groups in total. The van der Waals surface area contributed by atoms with Gasteiger partial charge in [-0.3, -0.25) is 0 Å². The summed E-state index contributed by atoms with van der Waals surface area (Å²) in [7, 11) is 0. The van der Waals surface area contributed by atoms with Gasteiger partial charge in [0.05, 0.1) is 17.6 Å². The summed E-state index contributed by atoms with van der Waals surface area (Å²) in [6.07, 6.45) is 2.95. The van der Waals surface area contributed by atoms with Gasteiger partial charge in [-0.25, -0.2) is 9.78 Å². The van der Waals surface area contributed by atoms with Crippen LogP contribution in [0.4, 0.5) is 16.2 Å². The van der Waals surface area contributed by atoms with Crippen LogP contribution in [0.2, 0.25) is 5.15 Å². The Bertz CT molecular complexity index is 537. The number of carbonyl (C=O) groups excluding carboxylic acids is 1. The highest BCUT2D eigenvalue weighted by Gasteiger charge is 2.27. The van der Waals surface area contributed by atoms with Crippen LogP contribution < -0.4 is 11.1 Å². The lowest BCUT2D eigenvalue weighted by molar-refractivity contribution is 0.0210. The highest BCUT2D eigenvalue weighted by atomic mass is 35.5. The number of anilines is 2. The van der Waals surface area contributed by atoms with Crippen LogP contribution in [0, 0.1) is 0 Å². The van der Waals surface area contributed by atoms with E-state index < -0.39 is 5.60 Å². The number of nitrogens with zero attached hydrogens (tertiary/aromatic N) is 2. The number of aromatic nitrogens is 1. The Balaban J connectivity index is 1.87. The number of hydrogen-bond acceptors (Lipinski definition) is 5. The maximum atomic E-state index is 12.0. The lowest BCUT2D eigenvalue weighted by Crippen LogP contribution is -2.44. The molecule has 122 valence electrons. The molecule has 0 aliphatic carbocycles. The van der Waals surface area contributed by atoms with Crippen molar-refractivity contribution in [3.63, 3.8) is 0 Å². The Kier molecular flexibility index (Phi) is 5.01. The van der Waals surface area contributed by atoms with Crippen molar-refractivity contribution in [2.75, 3.05) is 24.1 Å². The number of carbonyl (C=O) groups is 1. The number of halogens is 1. The fraction of sp³-hybridized carbons (Fsp3) is 0.600. The second-order valence-electron chi connectivity index (χ2n) is 6.48. The average molecular weight is 327 g/mol. The van der Waals surface area contributed by atoms with Crippen molar-refractivity contribution in [2.45, 2.75) is 45.3 Å². The van der Waals surface area contributed by atoms with E-state index in [9.17, 15) is 4.79 Å². The van der Waals surface area contributed by atoms with Crippen molar-refractivity contribution in [1.29, 1.82) is 0 Å². The zero-order valence-electron chi connectivity index (χ0n) is 13.2. The van der Waals surface area contributed by atoms with Gasteiger partial charge in [0, 0.05) is 25.2 Å². The van der Waals surface area contributed by atoms with E-state index in [4.69, 9.17) is 22.1 Å². The number of ether oxygens (including phenoxy) is 1. The van der Waals surface area contributed by atoms with Crippen molar-refractivity contribution < 1.29 is 9.53 Å². The first-order valence-electron chi connectivity index (χ1n) is 7.40. The molecule has 0 saturated carbocycles. The summed E-state index contributed by atoms with van der Waals surface area (Å²) in [5.74, 6) is 0. The lowest BCUT2D eigenvalue weighted by Gasteiger charge is -2.34. The van der Waals surface area contributed by atoms with Crippen molar-refractivity contribution in [3.8, 4) is 0 Å². The zero-order valence-corrected chi connectivity index (χ0v) is 14.0. The molecule has 1 aromatic heterocycles. The molecule has 0 spiro atoms. The van der Waals surface area contributed by atoms with Gasteiger partial charge in [-0.05, 0) is 33.6 Å². The fourth-order valence-electron chi connectivity index (χ4n) is 2.32. The largest absolute Gasteiger partial charge is 0.444 e. The summed E-state index contributed by atoms with van der Waals surface area (Å²) in [6, 6.07) is 1.97. The predicted molar refractivity (Wildman–Crippen MR) is 88.1 cm³/mol. The maximum absolute atomic E-state index is 12.0. The molecule has 7 heteroatoms. The van der Waals surface area contributed by atoms with Gasteiger partial charge in [0.25, 0.3) is 0 Å². The minimum absolute atomic E-state index is 0.249. The van der Waals surface area contributed by atoms with Crippen LogP contribution in [0.5, 0.6) is 0 Å². The molecule has 0 aromatic carbocycles. The molecule has 22 heavy (non-hydrogen) atoms. The minimum Gasteiger partial charge on any atom is -0.444 e. The molecular formula is C15H23ClN4O2. The van der Waals surface area contributed by atoms with Crippen LogP contribution >= 0.6 is 11.6 Å². The Morgan fingerprint density at radius 3 is 2.68 bits per heavy atom. The van der Waals surface area contributed by atoms with Crippen LogP contribution in [0.15, 0.2) is 12.3 Å². The van der Waals surface area contributed by atoms with E-state index in [1.54, 1.807) is 17.2 Å². The topological polar surface area (TPSA) is 80.5 Å². The van der Waals surface area contributed by atoms with E-state index in [0.29, 0.717) is 23.9 Å². The monoisotopic (exact) mass is 326 g/mol. The van der Waals surface area contributed by atoms with Crippen LogP contribution in [0.3, 0.4) is 0 Å². The third-order valence-corrected chi connectivity index (χ3v) is 3.61. The Morgan fingerprint density at radius 2 is 2.09 bits per heavy atom. The molecule has 1 aliphatic rings. The Hall–Kier alpha value is -1.69. The van der Waals surface area contributed by atoms with Gasteiger partial charge in [-0.1, -0.05) is 11.6 Å². The number of nitrogens with two attached hydrogens (primary N) is 1. The van der Waals surface area contributed by atoms with Gasteiger partial charge >= 0.3 is 6.09 Å². The van der Waals surface area contributed by atoms with Crippen LogP contribution in [0.25, 0.3) is 0 Å². The summed E-state index contributed by atoms with van der Waals surface area (Å²) in [4.78, 5) is 17.7. The van der Waals surface area contributed by atoms with Crippen molar-refractivity contribution in [1.82, 2.24) is 9.88 Å². The molecule has 1 fully saturated rings. The van der Waals surface area contributed by atoms with E-state index in [0.717, 1.165) is 18.5 Å². The van der Waals surface area contributed by atoms with E-state index in [1.165, 1.54) is 0 Å². The van der Waals surface area contributed by atoms with Gasteiger partial charge in [0.1, 0.15) is 10.8 Å². The van der Waals surface area contributed by atoms with Crippen molar-refractivity contribution >= 4 is 29.1 Å². The molecule has 2 heterocycles. The van der Waals surface area contributed by atoms with E-state index >= 15 is 0 Å². The molecular weight excluding hydrogens is 304 g/mol. The maximum Gasteiger partial charge on any atom is 0.410 e. The normalized spacial score (nSPS) is 16.5. The quantitative estimate of drug-likeness (QED) is 0.816. The number of amides is 1. The first-order valence-corrected chi connectivity index (χ1v) is 7.78.